The van der Waals surface area contributed by atoms with Gasteiger partial charge in [0.25, 0.3) is 0 Å². The number of nitrogens with zero attached hydrogens (tertiary/aromatic N) is 2. The first-order valence-corrected chi connectivity index (χ1v) is 9.81. The highest BCUT2D eigenvalue weighted by molar-refractivity contribution is 5.92. The van der Waals surface area contributed by atoms with Gasteiger partial charge in [-0.1, -0.05) is 24.3 Å². The number of rotatable bonds is 8. The van der Waals surface area contributed by atoms with Gasteiger partial charge in [0.05, 0.1) is 6.42 Å². The molecule has 156 valence electrons. The molecule has 0 saturated carbocycles. The second-order valence-corrected chi connectivity index (χ2v) is 7.34. The molecule has 2 aromatic rings. The van der Waals surface area contributed by atoms with Crippen molar-refractivity contribution in [2.24, 2.45) is 0 Å². The minimum Gasteiger partial charge on any atom is -0.435 e. The van der Waals surface area contributed by atoms with Crippen molar-refractivity contribution in [3.05, 3.63) is 59.7 Å². The van der Waals surface area contributed by atoms with Crippen LogP contribution in [0.15, 0.2) is 48.5 Å². The average Bonchev–Trinajstić information content (AvgIpc) is 2.68. The molecule has 5 nitrogen and oxygen atoms in total. The number of halogens is 2. The molecule has 3 rings (SSSR count). The van der Waals surface area contributed by atoms with Gasteiger partial charge in [-0.05, 0) is 48.9 Å². The van der Waals surface area contributed by atoms with Crippen molar-refractivity contribution in [1.82, 2.24) is 9.80 Å². The van der Waals surface area contributed by atoms with E-state index in [2.05, 4.69) is 26.9 Å². The van der Waals surface area contributed by atoms with Crippen LogP contribution in [0.2, 0.25) is 0 Å². The maximum Gasteiger partial charge on any atom is 0.387 e. The number of benzene rings is 2. The zero-order valence-electron chi connectivity index (χ0n) is 16.6. The second kappa shape index (κ2) is 10.3. The largest absolute Gasteiger partial charge is 0.435 e. The highest BCUT2D eigenvalue weighted by Gasteiger charge is 2.13. The molecule has 1 fully saturated rings. The Balaban J connectivity index is 1.46. The number of hydrogen-bond donors (Lipinski definition) is 1. The first kappa shape index (κ1) is 21.2. The van der Waals surface area contributed by atoms with Crippen LogP contribution in [0.1, 0.15) is 11.1 Å². The molecule has 0 aliphatic carbocycles. The summed E-state index contributed by atoms with van der Waals surface area (Å²) in [6.07, 6.45) is 1.07. The summed E-state index contributed by atoms with van der Waals surface area (Å²) in [6.45, 7) is 2.59. The number of carbonyl (C=O) groups is 1. The summed E-state index contributed by atoms with van der Waals surface area (Å²) in [5.41, 5.74) is 2.57. The van der Waals surface area contributed by atoms with Crippen molar-refractivity contribution in [2.45, 2.75) is 19.5 Å². The third-order valence-electron chi connectivity index (χ3n) is 5.04. The summed E-state index contributed by atoms with van der Waals surface area (Å²) in [4.78, 5) is 17.1. The summed E-state index contributed by atoms with van der Waals surface area (Å²) in [7, 11) is 2.15. The molecule has 1 amide bonds. The molecule has 0 aromatic heterocycles. The Labute approximate surface area is 170 Å². The standard InChI is InChI=1S/C22H27F2N3O2/c1-26-11-13-27(14-12-26)10-9-17-5-7-19(8-6-17)25-21(28)16-18-3-2-4-20(15-18)29-22(23)24/h2-8,15,22H,9-14,16H2,1H3,(H,25,28). The van der Waals surface area contributed by atoms with E-state index in [1.807, 2.05) is 24.3 Å². The number of ether oxygens (including phenoxy) is 1. The van der Waals surface area contributed by atoms with Crippen molar-refractivity contribution in [1.29, 1.82) is 0 Å². The van der Waals surface area contributed by atoms with E-state index in [9.17, 15) is 13.6 Å². The first-order chi connectivity index (χ1) is 14.0. The van der Waals surface area contributed by atoms with Gasteiger partial charge in [0.2, 0.25) is 5.91 Å². The van der Waals surface area contributed by atoms with Crippen LogP contribution in [0, 0.1) is 0 Å². The lowest BCUT2D eigenvalue weighted by atomic mass is 10.1. The summed E-state index contributed by atoms with van der Waals surface area (Å²) >= 11 is 0. The van der Waals surface area contributed by atoms with Crippen LogP contribution in [0.25, 0.3) is 0 Å². The lowest BCUT2D eigenvalue weighted by molar-refractivity contribution is -0.115. The average molecular weight is 403 g/mol. The Morgan fingerprint density at radius 3 is 2.48 bits per heavy atom. The molecule has 29 heavy (non-hydrogen) atoms. The van der Waals surface area contributed by atoms with Crippen LogP contribution in [0.5, 0.6) is 5.75 Å². The number of amides is 1. The first-order valence-electron chi connectivity index (χ1n) is 9.81. The van der Waals surface area contributed by atoms with E-state index >= 15 is 0 Å². The van der Waals surface area contributed by atoms with Crippen molar-refractivity contribution in [2.75, 3.05) is 45.1 Å². The van der Waals surface area contributed by atoms with E-state index in [-0.39, 0.29) is 18.1 Å². The molecule has 1 N–H and O–H groups in total. The fourth-order valence-corrected chi connectivity index (χ4v) is 3.34. The number of carbonyl (C=O) groups excluding carboxylic acids is 1. The van der Waals surface area contributed by atoms with Gasteiger partial charge in [0, 0.05) is 38.4 Å². The fourth-order valence-electron chi connectivity index (χ4n) is 3.34. The van der Waals surface area contributed by atoms with Gasteiger partial charge in [0.15, 0.2) is 0 Å². The molecule has 0 atom stereocenters. The molecule has 1 aliphatic rings. The van der Waals surface area contributed by atoms with E-state index in [0.717, 1.165) is 44.8 Å². The molecule has 0 unspecified atom stereocenters. The molecule has 1 saturated heterocycles. The number of hydrogen-bond acceptors (Lipinski definition) is 4. The van der Waals surface area contributed by atoms with Crippen LogP contribution in [-0.2, 0) is 17.6 Å². The molecule has 2 aromatic carbocycles. The fraction of sp³-hybridized carbons (Fsp3) is 0.409. The van der Waals surface area contributed by atoms with E-state index in [1.165, 1.54) is 17.7 Å². The van der Waals surface area contributed by atoms with E-state index < -0.39 is 6.61 Å². The Hall–Kier alpha value is -2.51. The molecule has 0 bridgehead atoms. The molecule has 0 radical (unpaired) electrons. The van der Waals surface area contributed by atoms with Gasteiger partial charge < -0.3 is 19.9 Å². The van der Waals surface area contributed by atoms with Crippen molar-refractivity contribution >= 4 is 11.6 Å². The third-order valence-corrected chi connectivity index (χ3v) is 5.04. The van der Waals surface area contributed by atoms with Crippen LogP contribution in [0.3, 0.4) is 0 Å². The smallest absolute Gasteiger partial charge is 0.387 e. The molecular formula is C22H27F2N3O2. The quantitative estimate of drug-likeness (QED) is 0.735. The molecule has 0 spiro atoms. The number of alkyl halides is 2. The summed E-state index contributed by atoms with van der Waals surface area (Å²) < 4.78 is 29.0. The molecule has 1 heterocycles. The third kappa shape index (κ3) is 7.11. The Morgan fingerprint density at radius 2 is 1.79 bits per heavy atom. The minimum absolute atomic E-state index is 0.0509. The predicted octanol–water partition coefficient (Wildman–Crippen LogP) is 3.26. The Morgan fingerprint density at radius 1 is 1.07 bits per heavy atom. The van der Waals surface area contributed by atoms with Gasteiger partial charge in [-0.25, -0.2) is 0 Å². The monoisotopic (exact) mass is 403 g/mol. The summed E-state index contributed by atoms with van der Waals surface area (Å²) in [5.74, 6) is -0.153. The van der Waals surface area contributed by atoms with Crippen molar-refractivity contribution < 1.29 is 18.3 Å². The second-order valence-electron chi connectivity index (χ2n) is 7.34. The van der Waals surface area contributed by atoms with E-state index in [4.69, 9.17) is 0 Å². The maximum absolute atomic E-state index is 12.3. The zero-order valence-corrected chi connectivity index (χ0v) is 16.6. The predicted molar refractivity (Wildman–Crippen MR) is 109 cm³/mol. The Kier molecular flexibility index (Phi) is 7.55. The zero-order chi connectivity index (χ0) is 20.6. The molecular weight excluding hydrogens is 376 g/mol. The van der Waals surface area contributed by atoms with E-state index in [0.29, 0.717) is 5.56 Å². The van der Waals surface area contributed by atoms with Crippen LogP contribution in [0.4, 0.5) is 14.5 Å². The summed E-state index contributed by atoms with van der Waals surface area (Å²) in [6, 6.07) is 14.0. The van der Waals surface area contributed by atoms with Crippen LogP contribution < -0.4 is 10.1 Å². The SMILES string of the molecule is CN1CCN(CCc2ccc(NC(=O)Cc3cccc(OC(F)F)c3)cc2)CC1. The van der Waals surface area contributed by atoms with Gasteiger partial charge >= 0.3 is 6.61 Å². The topological polar surface area (TPSA) is 44.8 Å². The number of anilines is 1. The highest BCUT2D eigenvalue weighted by atomic mass is 19.3. The lowest BCUT2D eigenvalue weighted by Crippen LogP contribution is -2.45. The van der Waals surface area contributed by atoms with Crippen molar-refractivity contribution in [3.8, 4) is 5.75 Å². The molecule has 1 aliphatic heterocycles. The maximum atomic E-state index is 12.3. The lowest BCUT2D eigenvalue weighted by Gasteiger charge is -2.32. The number of piperazine rings is 1. The highest BCUT2D eigenvalue weighted by Crippen LogP contribution is 2.17. The summed E-state index contributed by atoms with van der Waals surface area (Å²) in [5, 5.41) is 2.84. The van der Waals surface area contributed by atoms with Crippen molar-refractivity contribution in [3.63, 3.8) is 0 Å². The normalized spacial score (nSPS) is 15.4. The van der Waals surface area contributed by atoms with Crippen LogP contribution >= 0.6 is 0 Å². The number of likely N-dealkylation sites (N-methyl/N-ethyl adjacent to an activating group) is 1. The number of nitrogens with one attached hydrogen (secondary N) is 1. The minimum atomic E-state index is -2.88. The van der Waals surface area contributed by atoms with Gasteiger partial charge in [-0.15, -0.1) is 0 Å². The van der Waals surface area contributed by atoms with Gasteiger partial charge in [-0.3, -0.25) is 4.79 Å². The Bertz CT molecular complexity index is 791. The van der Waals surface area contributed by atoms with E-state index in [1.54, 1.807) is 12.1 Å². The molecule has 7 heteroatoms. The van der Waals surface area contributed by atoms with Crippen LogP contribution in [-0.4, -0.2) is 62.1 Å². The van der Waals surface area contributed by atoms with Gasteiger partial charge in [0.1, 0.15) is 5.75 Å². The van der Waals surface area contributed by atoms with Gasteiger partial charge in [-0.2, -0.15) is 8.78 Å².